The Bertz CT molecular complexity index is 628. The summed E-state index contributed by atoms with van der Waals surface area (Å²) in [6.45, 7) is 0.463. The maximum atomic E-state index is 11.9. The summed E-state index contributed by atoms with van der Waals surface area (Å²) in [4.78, 5) is 15.9. The van der Waals surface area contributed by atoms with Crippen molar-refractivity contribution >= 4 is 15.9 Å². The van der Waals surface area contributed by atoms with Crippen LogP contribution in [0.15, 0.2) is 34.1 Å². The fourth-order valence-corrected chi connectivity index (χ4v) is 2.89. The summed E-state index contributed by atoms with van der Waals surface area (Å²) >= 11 is 3.20. The molecule has 0 saturated heterocycles. The van der Waals surface area contributed by atoms with E-state index in [0.717, 1.165) is 5.69 Å². The zero-order chi connectivity index (χ0) is 13.2. The molecule has 1 aliphatic rings. The second kappa shape index (κ2) is 5.28. The predicted molar refractivity (Wildman–Crippen MR) is 75.0 cm³/mol. The van der Waals surface area contributed by atoms with Crippen LogP contribution in [0.3, 0.4) is 0 Å². The van der Waals surface area contributed by atoms with Gasteiger partial charge in [-0.3, -0.25) is 14.0 Å². The second-order valence-electron chi connectivity index (χ2n) is 4.90. The number of halogens is 1. The lowest BCUT2D eigenvalue weighted by atomic mass is 10.3. The molecule has 0 bridgehead atoms. The molecule has 0 atom stereocenters. The van der Waals surface area contributed by atoms with Gasteiger partial charge in [0.25, 0.3) is 5.56 Å². The van der Waals surface area contributed by atoms with E-state index < -0.39 is 0 Å². The molecule has 1 saturated carbocycles. The molecular weight excluding hydrogens is 308 g/mol. The molecule has 0 amide bonds. The first-order valence-corrected chi connectivity index (χ1v) is 7.27. The van der Waals surface area contributed by atoms with E-state index in [-0.39, 0.29) is 5.56 Å². The monoisotopic (exact) mass is 322 g/mol. The van der Waals surface area contributed by atoms with E-state index in [0.29, 0.717) is 17.1 Å². The predicted octanol–water partition coefficient (Wildman–Crippen LogP) is 2.37. The molecule has 5 nitrogen and oxygen atoms in total. The van der Waals surface area contributed by atoms with Crippen molar-refractivity contribution in [2.75, 3.05) is 0 Å². The fourth-order valence-electron chi connectivity index (χ4n) is 2.55. The summed E-state index contributed by atoms with van der Waals surface area (Å²) in [5.41, 5.74) is 0.819. The highest BCUT2D eigenvalue weighted by Gasteiger charge is 2.17. The van der Waals surface area contributed by atoms with Crippen molar-refractivity contribution in [2.45, 2.75) is 38.3 Å². The maximum Gasteiger partial charge on any atom is 0.267 e. The zero-order valence-corrected chi connectivity index (χ0v) is 12.1. The molecule has 0 aliphatic heterocycles. The van der Waals surface area contributed by atoms with Gasteiger partial charge in [0.15, 0.2) is 0 Å². The van der Waals surface area contributed by atoms with Gasteiger partial charge in [-0.25, -0.2) is 4.98 Å². The lowest BCUT2D eigenvalue weighted by Crippen LogP contribution is -2.21. The highest BCUT2D eigenvalue weighted by Crippen LogP contribution is 2.28. The summed E-state index contributed by atoms with van der Waals surface area (Å²) in [7, 11) is 0. The van der Waals surface area contributed by atoms with Gasteiger partial charge in [-0.15, -0.1) is 0 Å². The van der Waals surface area contributed by atoms with E-state index in [1.54, 1.807) is 10.9 Å². The quantitative estimate of drug-likeness (QED) is 0.871. The van der Waals surface area contributed by atoms with Crippen molar-refractivity contribution in [3.05, 3.63) is 45.3 Å². The van der Waals surface area contributed by atoms with Crippen LogP contribution < -0.4 is 5.56 Å². The summed E-state index contributed by atoms with van der Waals surface area (Å²) in [5.74, 6) is 0. The first-order valence-electron chi connectivity index (χ1n) is 6.48. The standard InChI is InChI=1S/C13H15BrN4O/c14-12-7-15-9-17(13(12)19)8-10-5-6-18(16-10)11-3-1-2-4-11/h5-7,9,11H,1-4,8H2. The first kappa shape index (κ1) is 12.6. The molecule has 19 heavy (non-hydrogen) atoms. The fraction of sp³-hybridized carbons (Fsp3) is 0.462. The van der Waals surface area contributed by atoms with Gasteiger partial charge in [-0.05, 0) is 34.8 Å². The molecule has 2 aromatic rings. The van der Waals surface area contributed by atoms with Crippen molar-refractivity contribution in [2.24, 2.45) is 0 Å². The summed E-state index contributed by atoms with van der Waals surface area (Å²) in [6, 6.07) is 2.51. The average molecular weight is 323 g/mol. The summed E-state index contributed by atoms with van der Waals surface area (Å²) < 4.78 is 4.08. The van der Waals surface area contributed by atoms with E-state index in [2.05, 4.69) is 26.0 Å². The molecule has 100 valence electrons. The molecule has 0 N–H and O–H groups in total. The van der Waals surface area contributed by atoms with Gasteiger partial charge in [0.1, 0.15) is 4.47 Å². The Morgan fingerprint density at radius 1 is 1.37 bits per heavy atom. The Morgan fingerprint density at radius 2 is 2.16 bits per heavy atom. The van der Waals surface area contributed by atoms with Crippen LogP contribution in [-0.4, -0.2) is 19.3 Å². The molecule has 6 heteroatoms. The Morgan fingerprint density at radius 3 is 2.95 bits per heavy atom. The number of rotatable bonds is 3. The van der Waals surface area contributed by atoms with Crippen LogP contribution in [0.2, 0.25) is 0 Å². The lowest BCUT2D eigenvalue weighted by Gasteiger charge is -2.09. The molecule has 2 heterocycles. The van der Waals surface area contributed by atoms with Crippen LogP contribution in [0.25, 0.3) is 0 Å². The first-order chi connectivity index (χ1) is 9.24. The second-order valence-corrected chi connectivity index (χ2v) is 5.75. The molecule has 0 spiro atoms. The minimum absolute atomic E-state index is 0.0783. The van der Waals surface area contributed by atoms with Crippen LogP contribution in [0, 0.1) is 0 Å². The van der Waals surface area contributed by atoms with Crippen molar-refractivity contribution in [3.63, 3.8) is 0 Å². The minimum atomic E-state index is -0.0783. The molecule has 1 fully saturated rings. The average Bonchev–Trinajstić information content (AvgIpc) is 3.05. The molecular formula is C13H15BrN4O. The van der Waals surface area contributed by atoms with Gasteiger partial charge >= 0.3 is 0 Å². The van der Waals surface area contributed by atoms with E-state index in [1.807, 2.05) is 16.9 Å². The molecule has 2 aromatic heterocycles. The summed E-state index contributed by atoms with van der Waals surface area (Å²) in [6.07, 6.45) is 10.1. The van der Waals surface area contributed by atoms with E-state index in [1.165, 1.54) is 31.9 Å². The Hall–Kier alpha value is -1.43. The van der Waals surface area contributed by atoms with Crippen molar-refractivity contribution in [1.29, 1.82) is 0 Å². The van der Waals surface area contributed by atoms with Gasteiger partial charge in [0.05, 0.1) is 24.6 Å². The highest BCUT2D eigenvalue weighted by molar-refractivity contribution is 9.10. The molecule has 0 aromatic carbocycles. The topological polar surface area (TPSA) is 52.7 Å². The maximum absolute atomic E-state index is 11.9. The van der Waals surface area contributed by atoms with Crippen LogP contribution in [0.1, 0.15) is 37.4 Å². The van der Waals surface area contributed by atoms with E-state index in [9.17, 15) is 4.79 Å². The number of aromatic nitrogens is 4. The third-order valence-electron chi connectivity index (χ3n) is 3.55. The van der Waals surface area contributed by atoms with Crippen LogP contribution in [0.5, 0.6) is 0 Å². The van der Waals surface area contributed by atoms with E-state index >= 15 is 0 Å². The molecule has 3 rings (SSSR count). The molecule has 0 unspecified atom stereocenters. The van der Waals surface area contributed by atoms with Crippen LogP contribution in [-0.2, 0) is 6.54 Å². The normalized spacial score (nSPS) is 16.1. The minimum Gasteiger partial charge on any atom is -0.292 e. The smallest absolute Gasteiger partial charge is 0.267 e. The third-order valence-corrected chi connectivity index (χ3v) is 4.10. The zero-order valence-electron chi connectivity index (χ0n) is 10.5. The largest absolute Gasteiger partial charge is 0.292 e. The van der Waals surface area contributed by atoms with Gasteiger partial charge < -0.3 is 0 Å². The number of hydrogen-bond acceptors (Lipinski definition) is 3. The van der Waals surface area contributed by atoms with Gasteiger partial charge in [-0.2, -0.15) is 5.10 Å². The Kier molecular flexibility index (Phi) is 3.50. The number of nitrogens with zero attached hydrogens (tertiary/aromatic N) is 4. The third kappa shape index (κ3) is 2.63. The Labute approximate surface area is 119 Å². The Balaban J connectivity index is 1.80. The highest BCUT2D eigenvalue weighted by atomic mass is 79.9. The summed E-state index contributed by atoms with van der Waals surface area (Å²) in [5, 5.41) is 4.57. The molecule has 0 radical (unpaired) electrons. The van der Waals surface area contributed by atoms with Crippen molar-refractivity contribution < 1.29 is 0 Å². The van der Waals surface area contributed by atoms with Crippen LogP contribution in [0.4, 0.5) is 0 Å². The van der Waals surface area contributed by atoms with Crippen LogP contribution >= 0.6 is 15.9 Å². The van der Waals surface area contributed by atoms with Gasteiger partial charge in [-0.1, -0.05) is 12.8 Å². The van der Waals surface area contributed by atoms with Crippen molar-refractivity contribution in [3.8, 4) is 0 Å². The van der Waals surface area contributed by atoms with Gasteiger partial charge in [0, 0.05) is 12.4 Å². The molecule has 1 aliphatic carbocycles. The SMILES string of the molecule is O=c1c(Br)cncn1Cc1ccn(C2CCCC2)n1. The van der Waals surface area contributed by atoms with Gasteiger partial charge in [0.2, 0.25) is 0 Å². The van der Waals surface area contributed by atoms with E-state index in [4.69, 9.17) is 0 Å². The van der Waals surface area contributed by atoms with Crippen molar-refractivity contribution in [1.82, 2.24) is 19.3 Å². The number of hydrogen-bond donors (Lipinski definition) is 0. The lowest BCUT2D eigenvalue weighted by molar-refractivity contribution is 0.461.